The summed E-state index contributed by atoms with van der Waals surface area (Å²) in [5.74, 6) is -1.25. The second-order valence-electron chi connectivity index (χ2n) is 3.40. The minimum absolute atomic E-state index is 0.198. The van der Waals surface area contributed by atoms with Crippen molar-refractivity contribution in [2.45, 2.75) is 38.6 Å². The Morgan fingerprint density at radius 3 is 2.85 bits per heavy atom. The van der Waals surface area contributed by atoms with Gasteiger partial charge in [0.05, 0.1) is 12.0 Å². The van der Waals surface area contributed by atoms with Crippen molar-refractivity contribution in [1.29, 1.82) is 0 Å². The molecule has 76 valence electrons. The van der Waals surface area contributed by atoms with Crippen molar-refractivity contribution in [1.82, 2.24) is 0 Å². The van der Waals surface area contributed by atoms with Crippen molar-refractivity contribution in [2.75, 3.05) is 7.11 Å². The molecule has 0 aromatic rings. The summed E-state index contributed by atoms with van der Waals surface area (Å²) in [4.78, 5) is 10.7. The molecule has 4 heteroatoms. The lowest BCUT2D eigenvalue weighted by Gasteiger charge is -2.31. The van der Waals surface area contributed by atoms with Crippen LogP contribution in [-0.2, 0) is 14.3 Å². The van der Waals surface area contributed by atoms with Gasteiger partial charge in [-0.3, -0.25) is 4.79 Å². The number of carbonyl (C=O) groups is 1. The highest BCUT2D eigenvalue weighted by atomic mass is 16.7. The fourth-order valence-corrected chi connectivity index (χ4v) is 1.52. The van der Waals surface area contributed by atoms with E-state index in [1.807, 2.05) is 0 Å². The van der Waals surface area contributed by atoms with E-state index >= 15 is 0 Å². The van der Waals surface area contributed by atoms with Crippen molar-refractivity contribution >= 4 is 5.97 Å². The molecule has 0 aromatic carbocycles. The van der Waals surface area contributed by atoms with Gasteiger partial charge in [0.1, 0.15) is 0 Å². The van der Waals surface area contributed by atoms with Crippen LogP contribution >= 0.6 is 0 Å². The molecule has 0 spiro atoms. The molecule has 0 radical (unpaired) electrons. The second kappa shape index (κ2) is 4.58. The van der Waals surface area contributed by atoms with Gasteiger partial charge in [0.25, 0.3) is 0 Å². The van der Waals surface area contributed by atoms with Crippen LogP contribution in [-0.4, -0.2) is 30.6 Å². The van der Waals surface area contributed by atoms with Gasteiger partial charge < -0.3 is 14.6 Å². The SMILES string of the molecule is CO[C@@H]1CCC[C@@H]([C@H](C)C(=O)O)O1. The van der Waals surface area contributed by atoms with Gasteiger partial charge in [0.15, 0.2) is 6.29 Å². The van der Waals surface area contributed by atoms with Gasteiger partial charge in [0.2, 0.25) is 0 Å². The van der Waals surface area contributed by atoms with Gasteiger partial charge in [0, 0.05) is 7.11 Å². The third-order valence-corrected chi connectivity index (χ3v) is 2.47. The molecule has 1 fully saturated rings. The summed E-state index contributed by atoms with van der Waals surface area (Å²) >= 11 is 0. The molecule has 0 unspecified atom stereocenters. The summed E-state index contributed by atoms with van der Waals surface area (Å²) in [6.07, 6.45) is 2.23. The van der Waals surface area contributed by atoms with E-state index in [-0.39, 0.29) is 12.4 Å². The molecule has 1 saturated heterocycles. The Morgan fingerprint density at radius 2 is 2.31 bits per heavy atom. The number of carboxylic acid groups (broad SMARTS) is 1. The first kappa shape index (κ1) is 10.5. The molecule has 1 aliphatic rings. The Hall–Kier alpha value is -0.610. The number of carboxylic acids is 1. The standard InChI is InChI=1S/C9H16O4/c1-6(9(10)11)7-4-3-5-8(12-2)13-7/h6-8H,3-5H2,1-2H3,(H,10,11)/t6-,7-,8-/m0/s1. The predicted octanol–water partition coefficient (Wildman–Crippen LogP) is 1.25. The molecule has 0 saturated carbocycles. The first-order valence-corrected chi connectivity index (χ1v) is 4.56. The fourth-order valence-electron chi connectivity index (χ4n) is 1.52. The smallest absolute Gasteiger partial charge is 0.308 e. The Bertz CT molecular complexity index is 180. The first-order chi connectivity index (χ1) is 6.15. The van der Waals surface area contributed by atoms with Gasteiger partial charge in [-0.25, -0.2) is 0 Å². The van der Waals surface area contributed by atoms with Crippen molar-refractivity contribution in [3.05, 3.63) is 0 Å². The molecule has 1 heterocycles. The maximum absolute atomic E-state index is 10.7. The number of hydrogen-bond donors (Lipinski definition) is 1. The molecule has 3 atom stereocenters. The molecule has 0 amide bonds. The topological polar surface area (TPSA) is 55.8 Å². The minimum atomic E-state index is -0.804. The molecule has 0 aromatic heterocycles. The molecule has 1 rings (SSSR count). The summed E-state index contributed by atoms with van der Waals surface area (Å²) < 4.78 is 10.5. The van der Waals surface area contributed by atoms with Crippen LogP contribution in [0, 0.1) is 5.92 Å². The number of methoxy groups -OCH3 is 1. The average Bonchev–Trinajstić information content (AvgIpc) is 2.16. The van der Waals surface area contributed by atoms with E-state index in [4.69, 9.17) is 14.6 Å². The zero-order valence-electron chi connectivity index (χ0n) is 8.03. The lowest BCUT2D eigenvalue weighted by molar-refractivity contribution is -0.196. The first-order valence-electron chi connectivity index (χ1n) is 4.56. The Morgan fingerprint density at radius 1 is 1.62 bits per heavy atom. The van der Waals surface area contributed by atoms with E-state index < -0.39 is 11.9 Å². The number of aliphatic carboxylic acids is 1. The van der Waals surface area contributed by atoms with Crippen LogP contribution in [0.3, 0.4) is 0 Å². The zero-order valence-corrected chi connectivity index (χ0v) is 8.03. The quantitative estimate of drug-likeness (QED) is 0.724. The van der Waals surface area contributed by atoms with Crippen LogP contribution < -0.4 is 0 Å². The van der Waals surface area contributed by atoms with Crippen LogP contribution in [0.5, 0.6) is 0 Å². The van der Waals surface area contributed by atoms with E-state index in [9.17, 15) is 4.79 Å². The largest absolute Gasteiger partial charge is 0.481 e. The molecular weight excluding hydrogens is 172 g/mol. The molecule has 13 heavy (non-hydrogen) atoms. The highest BCUT2D eigenvalue weighted by Crippen LogP contribution is 2.24. The van der Waals surface area contributed by atoms with E-state index in [1.165, 1.54) is 0 Å². The van der Waals surface area contributed by atoms with Crippen LogP contribution in [0.2, 0.25) is 0 Å². The lowest BCUT2D eigenvalue weighted by Crippen LogP contribution is -2.36. The van der Waals surface area contributed by atoms with E-state index in [0.717, 1.165) is 19.3 Å². The van der Waals surface area contributed by atoms with Gasteiger partial charge >= 0.3 is 5.97 Å². The third-order valence-electron chi connectivity index (χ3n) is 2.47. The van der Waals surface area contributed by atoms with Crippen molar-refractivity contribution in [2.24, 2.45) is 5.92 Å². The molecule has 1 N–H and O–H groups in total. The van der Waals surface area contributed by atoms with Crippen LogP contribution in [0.25, 0.3) is 0 Å². The highest BCUT2D eigenvalue weighted by molar-refractivity contribution is 5.70. The molecular formula is C9H16O4. The fraction of sp³-hybridized carbons (Fsp3) is 0.889. The number of hydrogen-bond acceptors (Lipinski definition) is 3. The molecule has 0 bridgehead atoms. The van der Waals surface area contributed by atoms with E-state index in [1.54, 1.807) is 14.0 Å². The van der Waals surface area contributed by atoms with Crippen LogP contribution in [0.15, 0.2) is 0 Å². The lowest BCUT2D eigenvalue weighted by atomic mass is 9.97. The number of ether oxygens (including phenoxy) is 2. The molecule has 4 nitrogen and oxygen atoms in total. The van der Waals surface area contributed by atoms with Gasteiger partial charge in [-0.15, -0.1) is 0 Å². The van der Waals surface area contributed by atoms with Crippen molar-refractivity contribution in [3.8, 4) is 0 Å². The Kier molecular flexibility index (Phi) is 3.69. The molecule has 0 aliphatic carbocycles. The maximum Gasteiger partial charge on any atom is 0.308 e. The van der Waals surface area contributed by atoms with Crippen LogP contribution in [0.1, 0.15) is 26.2 Å². The monoisotopic (exact) mass is 188 g/mol. The zero-order chi connectivity index (χ0) is 9.84. The predicted molar refractivity (Wildman–Crippen MR) is 46.3 cm³/mol. The van der Waals surface area contributed by atoms with Crippen molar-refractivity contribution < 1.29 is 19.4 Å². The maximum atomic E-state index is 10.7. The second-order valence-corrected chi connectivity index (χ2v) is 3.40. The average molecular weight is 188 g/mol. The summed E-state index contributed by atoms with van der Waals surface area (Å²) in [5, 5.41) is 8.77. The van der Waals surface area contributed by atoms with Gasteiger partial charge in [-0.05, 0) is 26.2 Å². The van der Waals surface area contributed by atoms with Gasteiger partial charge in [-0.1, -0.05) is 0 Å². The minimum Gasteiger partial charge on any atom is -0.481 e. The van der Waals surface area contributed by atoms with Gasteiger partial charge in [-0.2, -0.15) is 0 Å². The van der Waals surface area contributed by atoms with Crippen molar-refractivity contribution in [3.63, 3.8) is 0 Å². The van der Waals surface area contributed by atoms with E-state index in [0.29, 0.717) is 0 Å². The Labute approximate surface area is 77.8 Å². The summed E-state index contributed by atoms with van der Waals surface area (Å²) in [5.41, 5.74) is 0. The van der Waals surface area contributed by atoms with Crippen LogP contribution in [0.4, 0.5) is 0 Å². The summed E-state index contributed by atoms with van der Waals surface area (Å²) in [7, 11) is 1.58. The normalized spacial score (nSPS) is 31.2. The summed E-state index contributed by atoms with van der Waals surface area (Å²) in [6.45, 7) is 1.67. The molecule has 1 aliphatic heterocycles. The summed E-state index contributed by atoms with van der Waals surface area (Å²) in [6, 6.07) is 0. The number of rotatable bonds is 3. The Balaban J connectivity index is 2.46. The van der Waals surface area contributed by atoms with E-state index in [2.05, 4.69) is 0 Å². The third kappa shape index (κ3) is 2.67. The highest BCUT2D eigenvalue weighted by Gasteiger charge is 2.30.